The van der Waals surface area contributed by atoms with Gasteiger partial charge in [0, 0.05) is 24.2 Å². The smallest absolute Gasteiger partial charge is 0.225 e. The van der Waals surface area contributed by atoms with E-state index >= 15 is 0 Å². The Morgan fingerprint density at radius 3 is 2.89 bits per heavy atom. The van der Waals surface area contributed by atoms with Gasteiger partial charge in [0.25, 0.3) is 0 Å². The first-order valence-corrected chi connectivity index (χ1v) is 7.24. The van der Waals surface area contributed by atoms with Crippen LogP contribution in [0.1, 0.15) is 16.3 Å². The number of rotatable bonds is 5. The Labute approximate surface area is 122 Å². The lowest BCUT2D eigenvalue weighted by Crippen LogP contribution is -2.24. The molecule has 0 aromatic carbocycles. The van der Waals surface area contributed by atoms with Crippen molar-refractivity contribution in [2.24, 2.45) is 5.73 Å². The van der Waals surface area contributed by atoms with Gasteiger partial charge in [0.1, 0.15) is 10.7 Å². The fourth-order valence-corrected chi connectivity index (χ4v) is 2.49. The molecule has 0 aliphatic rings. The third-order valence-electron chi connectivity index (χ3n) is 2.71. The fourth-order valence-electron chi connectivity index (χ4n) is 1.68. The van der Waals surface area contributed by atoms with Crippen LogP contribution < -0.4 is 10.6 Å². The first-order valence-electron chi connectivity index (χ1n) is 5.95. The molecule has 0 bridgehead atoms. The summed E-state index contributed by atoms with van der Waals surface area (Å²) >= 11 is 6.73. The zero-order valence-corrected chi connectivity index (χ0v) is 12.6. The number of aryl methyl sites for hydroxylation is 1. The monoisotopic (exact) mass is 292 g/mol. The van der Waals surface area contributed by atoms with Crippen LogP contribution in [0.5, 0.6) is 0 Å². The minimum absolute atomic E-state index is 0.304. The van der Waals surface area contributed by atoms with E-state index in [2.05, 4.69) is 27.5 Å². The van der Waals surface area contributed by atoms with E-state index in [1.807, 2.05) is 18.9 Å². The van der Waals surface area contributed by atoms with E-state index in [0.717, 1.165) is 18.7 Å². The lowest BCUT2D eigenvalue weighted by molar-refractivity contribution is 0.838. The molecular weight excluding hydrogens is 276 g/mol. The predicted octanol–water partition coefficient (Wildman–Crippen LogP) is 2.16. The largest absolute Gasteiger partial charge is 0.388 e. The summed E-state index contributed by atoms with van der Waals surface area (Å²) in [6.45, 7) is 2.78. The zero-order valence-electron chi connectivity index (χ0n) is 11.0. The Hall–Kier alpha value is -1.53. The van der Waals surface area contributed by atoms with Crippen molar-refractivity contribution in [3.05, 3.63) is 39.8 Å². The molecule has 0 saturated carbocycles. The highest BCUT2D eigenvalue weighted by Gasteiger charge is 2.09. The van der Waals surface area contributed by atoms with E-state index in [-0.39, 0.29) is 0 Å². The summed E-state index contributed by atoms with van der Waals surface area (Å²) in [4.78, 5) is 12.5. The van der Waals surface area contributed by atoms with Gasteiger partial charge in [0.05, 0.1) is 0 Å². The number of hydrogen-bond acceptors (Lipinski definition) is 5. The molecule has 100 valence electrons. The third kappa shape index (κ3) is 3.71. The van der Waals surface area contributed by atoms with Crippen molar-refractivity contribution in [2.75, 3.05) is 18.5 Å². The Balaban J connectivity index is 2.09. The summed E-state index contributed by atoms with van der Waals surface area (Å²) in [5.74, 6) is 0.666. The summed E-state index contributed by atoms with van der Waals surface area (Å²) < 4.78 is 0. The molecule has 0 unspecified atom stereocenters. The molecule has 6 heteroatoms. The average molecular weight is 292 g/mol. The van der Waals surface area contributed by atoms with Crippen molar-refractivity contribution < 1.29 is 0 Å². The molecule has 19 heavy (non-hydrogen) atoms. The van der Waals surface area contributed by atoms with Crippen LogP contribution in [0.25, 0.3) is 0 Å². The Bertz CT molecular complexity index is 566. The Morgan fingerprint density at radius 1 is 1.47 bits per heavy atom. The summed E-state index contributed by atoms with van der Waals surface area (Å²) in [5, 5.41) is 2.09. The molecule has 2 aromatic rings. The number of hydrogen-bond donors (Lipinski definition) is 1. The summed E-state index contributed by atoms with van der Waals surface area (Å²) in [7, 11) is 1.98. The number of likely N-dealkylation sites (N-methyl/N-ethyl adjacent to an activating group) is 1. The first kappa shape index (κ1) is 13.9. The number of anilines is 1. The standard InChI is InChI=1S/C13H16N4S2/c1-9-8-11(12(14)18)16-13(15-9)17(2)6-5-10-4-3-7-19-10/h3-4,7-8H,5-6H2,1-2H3,(H2,14,18). The Kier molecular flexibility index (Phi) is 4.44. The minimum Gasteiger partial charge on any atom is -0.388 e. The van der Waals surface area contributed by atoms with E-state index in [0.29, 0.717) is 16.6 Å². The highest BCUT2D eigenvalue weighted by Crippen LogP contribution is 2.13. The lowest BCUT2D eigenvalue weighted by atomic mass is 10.3. The molecule has 0 fully saturated rings. The van der Waals surface area contributed by atoms with E-state index in [1.54, 1.807) is 17.4 Å². The molecule has 0 amide bonds. The van der Waals surface area contributed by atoms with E-state index in [4.69, 9.17) is 18.0 Å². The van der Waals surface area contributed by atoms with Gasteiger partial charge in [-0.3, -0.25) is 0 Å². The first-order chi connectivity index (χ1) is 9.06. The van der Waals surface area contributed by atoms with Gasteiger partial charge in [-0.15, -0.1) is 11.3 Å². The van der Waals surface area contributed by atoms with Crippen LogP contribution in [0.4, 0.5) is 5.95 Å². The van der Waals surface area contributed by atoms with E-state index < -0.39 is 0 Å². The van der Waals surface area contributed by atoms with Crippen LogP contribution >= 0.6 is 23.6 Å². The van der Waals surface area contributed by atoms with Crippen molar-refractivity contribution in [1.82, 2.24) is 9.97 Å². The summed E-state index contributed by atoms with van der Waals surface area (Å²) in [6.07, 6.45) is 0.980. The highest BCUT2D eigenvalue weighted by atomic mass is 32.1. The van der Waals surface area contributed by atoms with Gasteiger partial charge in [-0.05, 0) is 30.9 Å². The van der Waals surface area contributed by atoms with Crippen molar-refractivity contribution in [3.8, 4) is 0 Å². The van der Waals surface area contributed by atoms with Crippen LogP contribution in [0.2, 0.25) is 0 Å². The molecule has 2 N–H and O–H groups in total. The molecular formula is C13H16N4S2. The average Bonchev–Trinajstić information content (AvgIpc) is 2.88. The van der Waals surface area contributed by atoms with Crippen molar-refractivity contribution in [3.63, 3.8) is 0 Å². The van der Waals surface area contributed by atoms with Gasteiger partial charge < -0.3 is 10.6 Å². The second-order valence-corrected chi connectivity index (χ2v) is 5.78. The van der Waals surface area contributed by atoms with Gasteiger partial charge in [-0.25, -0.2) is 9.97 Å². The van der Waals surface area contributed by atoms with E-state index in [1.165, 1.54) is 4.88 Å². The van der Waals surface area contributed by atoms with Crippen LogP contribution in [0.15, 0.2) is 23.6 Å². The molecule has 0 saturated heterocycles. The molecule has 4 nitrogen and oxygen atoms in total. The maximum absolute atomic E-state index is 5.63. The molecule has 2 aromatic heterocycles. The highest BCUT2D eigenvalue weighted by molar-refractivity contribution is 7.80. The predicted molar refractivity (Wildman–Crippen MR) is 83.9 cm³/mol. The quantitative estimate of drug-likeness (QED) is 0.856. The van der Waals surface area contributed by atoms with Crippen LogP contribution in [-0.4, -0.2) is 28.5 Å². The molecule has 0 aliphatic heterocycles. The number of nitrogens with two attached hydrogens (primary N) is 1. The Morgan fingerprint density at radius 2 is 2.26 bits per heavy atom. The van der Waals surface area contributed by atoms with Gasteiger partial charge in [0.2, 0.25) is 5.95 Å². The van der Waals surface area contributed by atoms with Gasteiger partial charge in [-0.2, -0.15) is 0 Å². The van der Waals surface area contributed by atoms with E-state index in [9.17, 15) is 0 Å². The fraction of sp³-hybridized carbons (Fsp3) is 0.308. The summed E-state index contributed by atoms with van der Waals surface area (Å²) in [6, 6.07) is 6.00. The molecule has 0 radical (unpaired) electrons. The molecule has 2 heterocycles. The second-order valence-electron chi connectivity index (χ2n) is 4.31. The van der Waals surface area contributed by atoms with Crippen LogP contribution in [-0.2, 0) is 6.42 Å². The number of aromatic nitrogens is 2. The van der Waals surface area contributed by atoms with Crippen LogP contribution in [0.3, 0.4) is 0 Å². The molecule has 0 aliphatic carbocycles. The maximum atomic E-state index is 5.63. The normalized spacial score (nSPS) is 10.4. The zero-order chi connectivity index (χ0) is 13.8. The molecule has 0 spiro atoms. The summed E-state index contributed by atoms with van der Waals surface area (Å²) in [5.41, 5.74) is 7.12. The van der Waals surface area contributed by atoms with Gasteiger partial charge in [-0.1, -0.05) is 18.3 Å². The molecule has 2 rings (SSSR count). The second kappa shape index (κ2) is 6.08. The van der Waals surface area contributed by atoms with Gasteiger partial charge >= 0.3 is 0 Å². The van der Waals surface area contributed by atoms with Crippen molar-refractivity contribution in [2.45, 2.75) is 13.3 Å². The van der Waals surface area contributed by atoms with Crippen LogP contribution in [0, 0.1) is 6.92 Å². The number of nitrogens with zero attached hydrogens (tertiary/aromatic N) is 3. The topological polar surface area (TPSA) is 55.0 Å². The molecule has 0 atom stereocenters. The third-order valence-corrected chi connectivity index (χ3v) is 3.86. The SMILES string of the molecule is Cc1cc(C(N)=S)nc(N(C)CCc2cccs2)n1. The number of thiocarbonyl (C=S) groups is 1. The number of thiophene rings is 1. The van der Waals surface area contributed by atoms with Crippen molar-refractivity contribution >= 4 is 34.5 Å². The van der Waals surface area contributed by atoms with Gasteiger partial charge in [0.15, 0.2) is 0 Å². The van der Waals surface area contributed by atoms with Crippen molar-refractivity contribution in [1.29, 1.82) is 0 Å². The minimum atomic E-state index is 0.304. The maximum Gasteiger partial charge on any atom is 0.225 e. The lowest BCUT2D eigenvalue weighted by Gasteiger charge is -2.17.